The smallest absolute Gasteiger partial charge is 0.127 e. The first kappa shape index (κ1) is 41.0. The minimum absolute atomic E-state index is 0.148. The molecule has 0 saturated heterocycles. The van der Waals surface area contributed by atoms with Gasteiger partial charge in [0.2, 0.25) is 0 Å². The van der Waals surface area contributed by atoms with E-state index in [0.29, 0.717) is 50.4 Å². The van der Waals surface area contributed by atoms with E-state index in [4.69, 9.17) is 0 Å². The number of hydrogen-bond acceptors (Lipinski definition) is 4. The highest BCUT2D eigenvalue weighted by molar-refractivity contribution is 5.50. The summed E-state index contributed by atoms with van der Waals surface area (Å²) < 4.78 is 30.4. The van der Waals surface area contributed by atoms with Gasteiger partial charge in [0.05, 0.1) is 0 Å². The molecule has 0 unspecified atom stereocenters. The van der Waals surface area contributed by atoms with E-state index < -0.39 is 0 Å². The molecule has 282 valence electrons. The summed E-state index contributed by atoms with van der Waals surface area (Å²) in [5.74, 6) is -0.0310. The van der Waals surface area contributed by atoms with Crippen LogP contribution in [0.2, 0.25) is 0 Å². The number of aromatic hydroxyl groups is 2. The molecule has 0 aromatic heterocycles. The van der Waals surface area contributed by atoms with Gasteiger partial charge in [-0.2, -0.15) is 0 Å². The third-order valence-corrected chi connectivity index (χ3v) is 9.95. The van der Waals surface area contributed by atoms with Crippen LogP contribution in [-0.4, -0.2) is 33.1 Å². The Balaban J connectivity index is 1.79. The maximum Gasteiger partial charge on any atom is 0.127 e. The molecule has 0 fully saturated rings. The Morgan fingerprint density at radius 2 is 0.750 bits per heavy atom. The standard InChI is InChI=1S/C46H62F2N2O2/c1-43(2,3)35-23-33(41(51)37(25-35)45(7,8)9)29-49(27-31-17-13-15-19-39(31)47)21-22-50(28-32-18-14-16-20-40(32)48)30-34-24-36(44(4,5)6)26-38(42(34)52)46(10,11)12/h13-20,23-26,51-52H,21-22,27-30H2,1-12H3. The van der Waals surface area contributed by atoms with Gasteiger partial charge in [-0.15, -0.1) is 0 Å². The van der Waals surface area contributed by atoms with Crippen LogP contribution in [0, 0.1) is 11.6 Å². The molecule has 0 saturated carbocycles. The van der Waals surface area contributed by atoms with Crippen LogP contribution in [0.1, 0.15) is 128 Å². The van der Waals surface area contributed by atoms with E-state index in [1.807, 2.05) is 12.1 Å². The van der Waals surface area contributed by atoms with Gasteiger partial charge < -0.3 is 10.2 Å². The van der Waals surface area contributed by atoms with Crippen molar-refractivity contribution in [2.24, 2.45) is 0 Å². The molecular weight excluding hydrogens is 651 g/mol. The van der Waals surface area contributed by atoms with Crippen molar-refractivity contribution in [3.05, 3.63) is 129 Å². The predicted octanol–water partition coefficient (Wildman–Crippen LogP) is 11.3. The fraction of sp³-hybridized carbons (Fsp3) is 0.478. The Morgan fingerprint density at radius 3 is 1.04 bits per heavy atom. The van der Waals surface area contributed by atoms with Gasteiger partial charge >= 0.3 is 0 Å². The molecule has 0 radical (unpaired) electrons. The summed E-state index contributed by atoms with van der Waals surface area (Å²) in [6.07, 6.45) is 0. The van der Waals surface area contributed by atoms with Crippen LogP contribution in [0.25, 0.3) is 0 Å². The van der Waals surface area contributed by atoms with Crippen molar-refractivity contribution in [1.29, 1.82) is 0 Å². The highest BCUT2D eigenvalue weighted by Gasteiger charge is 2.28. The van der Waals surface area contributed by atoms with Crippen LogP contribution in [-0.2, 0) is 47.8 Å². The molecule has 4 aromatic carbocycles. The Morgan fingerprint density at radius 1 is 0.442 bits per heavy atom. The van der Waals surface area contributed by atoms with Crippen molar-refractivity contribution in [2.75, 3.05) is 13.1 Å². The first-order valence-corrected chi connectivity index (χ1v) is 18.6. The first-order valence-electron chi connectivity index (χ1n) is 18.6. The van der Waals surface area contributed by atoms with E-state index in [1.54, 1.807) is 24.3 Å². The minimum atomic E-state index is -0.289. The number of phenols is 2. The Hall–Kier alpha value is -3.74. The summed E-state index contributed by atoms with van der Waals surface area (Å²) in [6, 6.07) is 22.0. The number of rotatable bonds is 11. The van der Waals surface area contributed by atoms with Crippen LogP contribution >= 0.6 is 0 Å². The third-order valence-electron chi connectivity index (χ3n) is 9.95. The van der Waals surface area contributed by atoms with Crippen molar-refractivity contribution in [1.82, 2.24) is 9.80 Å². The Labute approximate surface area is 312 Å². The lowest BCUT2D eigenvalue weighted by Gasteiger charge is -2.32. The van der Waals surface area contributed by atoms with Crippen LogP contribution in [0.3, 0.4) is 0 Å². The number of hydrogen-bond donors (Lipinski definition) is 2. The summed E-state index contributed by atoms with van der Waals surface area (Å²) in [7, 11) is 0. The van der Waals surface area contributed by atoms with Gasteiger partial charge in [0.15, 0.2) is 0 Å². The molecule has 0 spiro atoms. The second-order valence-electron chi connectivity index (χ2n) is 18.7. The summed E-state index contributed by atoms with van der Waals surface area (Å²) in [4.78, 5) is 4.32. The van der Waals surface area contributed by atoms with Gasteiger partial charge in [0.1, 0.15) is 23.1 Å². The quantitative estimate of drug-likeness (QED) is 0.163. The lowest BCUT2D eigenvalue weighted by atomic mass is 9.79. The van der Waals surface area contributed by atoms with E-state index in [9.17, 15) is 10.2 Å². The monoisotopic (exact) mass is 712 g/mol. The molecule has 0 amide bonds. The van der Waals surface area contributed by atoms with E-state index in [1.165, 1.54) is 12.1 Å². The highest BCUT2D eigenvalue weighted by atomic mass is 19.1. The number of nitrogens with zero attached hydrogens (tertiary/aromatic N) is 2. The van der Waals surface area contributed by atoms with Crippen molar-refractivity contribution in [2.45, 2.75) is 131 Å². The topological polar surface area (TPSA) is 46.9 Å². The summed E-state index contributed by atoms with van der Waals surface area (Å²) in [6.45, 7) is 28.0. The van der Waals surface area contributed by atoms with Gasteiger partial charge in [-0.05, 0) is 56.0 Å². The Bertz CT molecular complexity index is 1700. The maximum absolute atomic E-state index is 15.2. The number of benzene rings is 4. The van der Waals surface area contributed by atoms with E-state index >= 15 is 8.78 Å². The zero-order valence-electron chi connectivity index (χ0n) is 33.7. The molecule has 4 nitrogen and oxygen atoms in total. The molecule has 0 aliphatic heterocycles. The molecular formula is C46H62F2N2O2. The van der Waals surface area contributed by atoms with Gasteiger partial charge in [0.25, 0.3) is 0 Å². The summed E-state index contributed by atoms with van der Waals surface area (Å²) >= 11 is 0. The lowest BCUT2D eigenvalue weighted by Crippen LogP contribution is -2.35. The third kappa shape index (κ3) is 10.4. The van der Waals surface area contributed by atoms with Crippen LogP contribution in [0.4, 0.5) is 8.78 Å². The lowest BCUT2D eigenvalue weighted by molar-refractivity contribution is 0.178. The fourth-order valence-corrected chi connectivity index (χ4v) is 6.57. The molecule has 4 aromatic rings. The minimum Gasteiger partial charge on any atom is -0.507 e. The van der Waals surface area contributed by atoms with Crippen LogP contribution in [0.5, 0.6) is 11.5 Å². The van der Waals surface area contributed by atoms with Gasteiger partial charge in [-0.1, -0.05) is 144 Å². The van der Waals surface area contributed by atoms with Crippen molar-refractivity contribution in [3.8, 4) is 11.5 Å². The summed E-state index contributed by atoms with van der Waals surface area (Å²) in [5, 5.41) is 23.4. The van der Waals surface area contributed by atoms with Crippen molar-refractivity contribution in [3.63, 3.8) is 0 Å². The molecule has 0 aliphatic rings. The molecule has 0 bridgehead atoms. The molecule has 0 aliphatic carbocycles. The average Bonchev–Trinajstić information content (AvgIpc) is 3.01. The summed E-state index contributed by atoms with van der Waals surface area (Å²) in [5.41, 5.74) is 5.85. The normalized spacial score (nSPS) is 13.0. The van der Waals surface area contributed by atoms with E-state index in [-0.39, 0.29) is 44.8 Å². The fourth-order valence-electron chi connectivity index (χ4n) is 6.57. The van der Waals surface area contributed by atoms with Crippen LogP contribution in [0.15, 0.2) is 72.8 Å². The predicted molar refractivity (Wildman–Crippen MR) is 212 cm³/mol. The van der Waals surface area contributed by atoms with E-state index in [0.717, 1.165) is 33.4 Å². The second kappa shape index (κ2) is 15.7. The number of halogens is 2. The molecule has 2 N–H and O–H groups in total. The molecule has 0 heterocycles. The van der Waals surface area contributed by atoms with Crippen molar-refractivity contribution >= 4 is 0 Å². The van der Waals surface area contributed by atoms with E-state index in [2.05, 4.69) is 117 Å². The van der Waals surface area contributed by atoms with Crippen LogP contribution < -0.4 is 0 Å². The molecule has 4 rings (SSSR count). The van der Waals surface area contributed by atoms with Gasteiger partial charge in [-0.3, -0.25) is 9.80 Å². The Kier molecular flexibility index (Phi) is 12.4. The first-order chi connectivity index (χ1) is 23.9. The molecule has 0 atom stereocenters. The zero-order chi connectivity index (χ0) is 38.8. The number of phenolic OH excluding ortho intramolecular Hbond substituents is 2. The highest BCUT2D eigenvalue weighted by Crippen LogP contribution is 2.40. The molecule has 6 heteroatoms. The zero-order valence-corrected chi connectivity index (χ0v) is 33.7. The average molecular weight is 713 g/mol. The van der Waals surface area contributed by atoms with Gasteiger partial charge in [0, 0.05) is 61.5 Å². The van der Waals surface area contributed by atoms with Crippen molar-refractivity contribution < 1.29 is 19.0 Å². The van der Waals surface area contributed by atoms with Gasteiger partial charge in [-0.25, -0.2) is 8.78 Å². The SMILES string of the molecule is CC(C)(C)c1cc(CN(CCN(Cc2ccccc2F)Cc2cc(C(C)(C)C)cc(C(C)(C)C)c2O)Cc2ccccc2F)c(O)c(C(C)(C)C)c1. The maximum atomic E-state index is 15.2. The molecule has 52 heavy (non-hydrogen) atoms. The largest absolute Gasteiger partial charge is 0.507 e. The second-order valence-corrected chi connectivity index (χ2v) is 18.7.